The number of carbonyl (C=O) groups excluding carboxylic acids is 5. The number of amides is 4. The molecule has 0 radical (unpaired) electrons. The molecule has 81 heavy (non-hydrogen) atoms. The fourth-order valence-electron chi connectivity index (χ4n) is 10.0. The number of allylic oxidation sites excluding steroid dienone is 1. The molecule has 6 atom stereocenters. The van der Waals surface area contributed by atoms with E-state index in [1.807, 2.05) is 112 Å². The van der Waals surface area contributed by atoms with Crippen molar-refractivity contribution in [1.29, 1.82) is 0 Å². The van der Waals surface area contributed by atoms with Crippen LogP contribution in [0.5, 0.6) is 0 Å². The lowest BCUT2D eigenvalue weighted by atomic mass is 9.85. The smallest absolute Gasteiger partial charge is 0.429 e. The summed E-state index contributed by atoms with van der Waals surface area (Å²) in [5.74, 6) is -0.368. The van der Waals surface area contributed by atoms with E-state index in [2.05, 4.69) is 45.0 Å². The Morgan fingerprint density at radius 2 is 1.56 bits per heavy atom. The first-order chi connectivity index (χ1) is 38.9. The van der Waals surface area contributed by atoms with Crippen molar-refractivity contribution in [2.45, 2.75) is 137 Å². The van der Waals surface area contributed by atoms with Gasteiger partial charge in [0.25, 0.3) is 0 Å². The highest BCUT2D eigenvalue weighted by Gasteiger charge is 2.46. The molecule has 0 bridgehead atoms. The van der Waals surface area contributed by atoms with E-state index in [1.165, 1.54) is 4.90 Å². The van der Waals surface area contributed by atoms with Gasteiger partial charge in [-0.1, -0.05) is 81.3 Å². The quantitative estimate of drug-likeness (QED) is 0.0334. The summed E-state index contributed by atoms with van der Waals surface area (Å²) in [6.07, 6.45) is 6.48. The molecule has 1 saturated heterocycles. The van der Waals surface area contributed by atoms with Gasteiger partial charge in [0.1, 0.15) is 47.8 Å². The predicted octanol–water partition coefficient (Wildman–Crippen LogP) is 9.21. The van der Waals surface area contributed by atoms with E-state index in [0.717, 1.165) is 79.7 Å². The maximum Gasteiger partial charge on any atom is 0.509 e. The number of nitrogens with one attached hydrogen (secondary N) is 3. The molecule has 1 fully saturated rings. The number of hydrogen-bond acceptors (Lipinski definition) is 16. The van der Waals surface area contributed by atoms with Gasteiger partial charge < -0.3 is 44.5 Å². The summed E-state index contributed by atoms with van der Waals surface area (Å²) in [4.78, 5) is 82.0. The fraction of sp³-hybridized carbons (Fsp3) is 0.508. The van der Waals surface area contributed by atoms with Gasteiger partial charge in [-0.25, -0.2) is 9.78 Å². The number of thiophene rings is 1. The van der Waals surface area contributed by atoms with Crippen LogP contribution in [0.2, 0.25) is 5.02 Å². The number of halogens is 1. The minimum atomic E-state index is -1.07. The molecule has 0 spiro atoms. The first-order valence-corrected chi connectivity index (χ1v) is 29.7. The minimum Gasteiger partial charge on any atom is -0.429 e. The number of carbonyl (C=O) groups is 5. The van der Waals surface area contributed by atoms with Gasteiger partial charge in [-0.05, 0) is 101 Å². The van der Waals surface area contributed by atoms with E-state index >= 15 is 0 Å². The summed E-state index contributed by atoms with van der Waals surface area (Å²) in [6, 6.07) is 12.3. The van der Waals surface area contributed by atoms with Gasteiger partial charge in [0.15, 0.2) is 5.82 Å². The maximum absolute atomic E-state index is 14.7. The minimum absolute atomic E-state index is 0.0337. The Kier molecular flexibility index (Phi) is 21.1. The van der Waals surface area contributed by atoms with Gasteiger partial charge in [-0.2, -0.15) is 0 Å². The van der Waals surface area contributed by atoms with Crippen molar-refractivity contribution in [1.82, 2.24) is 40.6 Å². The molecule has 22 heteroatoms. The molecular weight excluding hydrogens is 1090 g/mol. The van der Waals surface area contributed by atoms with Crippen LogP contribution in [-0.4, -0.2) is 137 Å². The molecule has 0 saturated carbocycles. The van der Waals surface area contributed by atoms with Crippen LogP contribution in [0.1, 0.15) is 129 Å². The highest BCUT2D eigenvalue weighted by atomic mass is 35.5. The number of fused-ring (bicyclic) bond motifs is 3. The van der Waals surface area contributed by atoms with Crippen molar-refractivity contribution in [3.63, 3.8) is 0 Å². The number of ether oxygens (including phenoxy) is 5. The molecular formula is C59H74ClN9O10S2. The van der Waals surface area contributed by atoms with Crippen LogP contribution in [0.15, 0.2) is 71.2 Å². The number of aliphatic imine (C=N–C) groups is 1. The van der Waals surface area contributed by atoms with Gasteiger partial charge in [0.05, 0.1) is 73.8 Å². The number of rotatable bonds is 22. The van der Waals surface area contributed by atoms with Crippen LogP contribution >= 0.6 is 34.3 Å². The molecule has 3 N–H and O–H groups in total. The van der Waals surface area contributed by atoms with Crippen molar-refractivity contribution in [2.75, 3.05) is 52.7 Å². The summed E-state index contributed by atoms with van der Waals surface area (Å²) < 4.78 is 30.5. The lowest BCUT2D eigenvalue weighted by molar-refractivity contribution is -0.144. The average molecular weight is 1170 g/mol. The molecule has 1 unspecified atom stereocenters. The summed E-state index contributed by atoms with van der Waals surface area (Å²) in [5.41, 5.74) is 7.59. The zero-order chi connectivity index (χ0) is 57.8. The second-order valence-corrected chi connectivity index (χ2v) is 24.2. The fourth-order valence-corrected chi connectivity index (χ4v) is 12.2. The van der Waals surface area contributed by atoms with Crippen LogP contribution in [0.3, 0.4) is 0 Å². The van der Waals surface area contributed by atoms with Crippen LogP contribution in [0, 0.1) is 33.1 Å². The van der Waals surface area contributed by atoms with Gasteiger partial charge in [-0.3, -0.25) is 28.7 Å². The summed E-state index contributed by atoms with van der Waals surface area (Å²) >= 11 is 9.46. The van der Waals surface area contributed by atoms with Gasteiger partial charge in [-0.15, -0.1) is 32.9 Å². The summed E-state index contributed by atoms with van der Waals surface area (Å²) in [7, 11) is 0. The van der Waals surface area contributed by atoms with Crippen LogP contribution in [-0.2, 0) is 42.9 Å². The maximum atomic E-state index is 14.7. The molecule has 5 heterocycles. The van der Waals surface area contributed by atoms with Crippen molar-refractivity contribution in [2.24, 2.45) is 10.4 Å². The van der Waals surface area contributed by atoms with Crippen molar-refractivity contribution in [3.8, 4) is 15.4 Å². The Morgan fingerprint density at radius 1 is 0.840 bits per heavy atom. The van der Waals surface area contributed by atoms with E-state index in [9.17, 15) is 24.0 Å². The van der Waals surface area contributed by atoms with Crippen LogP contribution < -0.4 is 16.0 Å². The molecule has 4 amide bonds. The summed E-state index contributed by atoms with van der Waals surface area (Å²) in [6.45, 7) is 16.2. The first kappa shape index (κ1) is 60.7. The van der Waals surface area contributed by atoms with E-state index in [4.69, 9.17) is 40.3 Å². The van der Waals surface area contributed by atoms with Gasteiger partial charge in [0.2, 0.25) is 23.6 Å². The monoisotopic (exact) mass is 1170 g/mol. The highest BCUT2D eigenvalue weighted by molar-refractivity contribution is 7.15. The molecule has 19 nitrogen and oxygen atoms in total. The predicted molar refractivity (Wildman–Crippen MR) is 311 cm³/mol. The van der Waals surface area contributed by atoms with Crippen LogP contribution in [0.25, 0.3) is 15.4 Å². The number of nitrogens with zero attached hydrogens (tertiary/aromatic N) is 6. The number of hydrogen-bond donors (Lipinski definition) is 3. The third-order valence-electron chi connectivity index (χ3n) is 14.5. The van der Waals surface area contributed by atoms with Crippen molar-refractivity contribution >= 4 is 69.8 Å². The lowest BCUT2D eigenvalue weighted by Gasteiger charge is -2.35. The molecule has 2 aromatic carbocycles. The highest BCUT2D eigenvalue weighted by Crippen LogP contribution is 2.40. The Hall–Kier alpha value is -6.36. The zero-order valence-electron chi connectivity index (χ0n) is 47.4. The number of aryl methyl sites for hydroxylation is 3. The average Bonchev–Trinajstić information content (AvgIpc) is 3.95. The standard InChI is InChI=1S/C59H74ClN9O10S2/c1-35-38(4)81-57-50(35)51(41-20-22-43(60)23-21-41)64-46(54-67-66-39(5)69(54)57)31-48(70)61-24-25-75-26-27-76-28-29-77-33-49(71)65-53(59(6,7)8)56(73)68-32-45(79-58(74)78-44-14-12-10-9-11-13-15-44)30-47(68)55(72)63-36(2)40-16-18-42(19-17-40)52-37(3)62-34-80-52/h12,14,16-23,34,36,44-47,53H,9-11,13,15,24-33H2,1-8H3,(H,61,70)(H,63,72)(H,65,71)/t36-,44?,45+,46-,47-,53+/m0/s1. The Morgan fingerprint density at radius 3 is 2.27 bits per heavy atom. The molecule has 8 rings (SSSR count). The third-order valence-corrected chi connectivity index (χ3v) is 17.0. The Bertz CT molecular complexity index is 3060. The SMILES string of the molecule is Cc1ncsc1-c1ccc([C@H](C)NC(=O)[C@@H]2C[C@@H](OC(=O)OC3C=CCCCCC3)CN2C(=O)[C@@H](NC(=O)COCCOCCOCCNC(=O)C[C@@H]2N=C(c3ccc(Cl)cc3)c3c(sc(C)c3C)-n3c(C)nnc32)C(C)(C)C)cc1. The summed E-state index contributed by atoms with van der Waals surface area (Å²) in [5, 5.41) is 19.3. The van der Waals surface area contributed by atoms with Crippen molar-refractivity contribution < 1.29 is 47.7 Å². The second-order valence-electron chi connectivity index (χ2n) is 21.7. The van der Waals surface area contributed by atoms with Gasteiger partial charge in [0, 0.05) is 34.0 Å². The number of thiazole rings is 1. The van der Waals surface area contributed by atoms with Gasteiger partial charge >= 0.3 is 6.16 Å². The lowest BCUT2D eigenvalue weighted by Crippen LogP contribution is -2.58. The molecule has 5 aromatic rings. The Balaban J connectivity index is 0.782. The number of aromatic nitrogens is 4. The van der Waals surface area contributed by atoms with Crippen LogP contribution in [0.4, 0.5) is 4.79 Å². The number of benzene rings is 2. The molecule has 3 aromatic heterocycles. The first-order valence-electron chi connectivity index (χ1n) is 27.7. The normalized spacial score (nSPS) is 18.8. The molecule has 3 aliphatic rings. The van der Waals surface area contributed by atoms with E-state index in [1.54, 1.807) is 22.7 Å². The topological polar surface area (TPSA) is 227 Å². The van der Waals surface area contributed by atoms with E-state index in [-0.39, 0.29) is 71.5 Å². The number of likely N-dealkylation sites (tertiary alicyclic amines) is 1. The second kappa shape index (κ2) is 28.1. The van der Waals surface area contributed by atoms with E-state index in [0.29, 0.717) is 23.1 Å². The molecule has 1 aliphatic carbocycles. The molecule has 434 valence electrons. The third kappa shape index (κ3) is 15.8. The largest absolute Gasteiger partial charge is 0.509 e. The zero-order valence-corrected chi connectivity index (χ0v) is 49.8. The van der Waals surface area contributed by atoms with Crippen molar-refractivity contribution in [3.05, 3.63) is 116 Å². The Labute approximate surface area is 486 Å². The van der Waals surface area contributed by atoms with E-state index < -0.39 is 65.7 Å². The molecule has 2 aliphatic heterocycles.